The Bertz CT molecular complexity index is 730. The predicted molar refractivity (Wildman–Crippen MR) is 105 cm³/mol. The largest absolute Gasteiger partial charge is 0.115 e. The Hall–Kier alpha value is -1.52. The quantitative estimate of drug-likeness (QED) is 0.491. The number of benzene rings is 2. The predicted octanol–water partition coefficient (Wildman–Crippen LogP) is 6.69. The molecule has 0 heterocycles. The van der Waals surface area contributed by atoms with Crippen LogP contribution in [0.2, 0.25) is 0 Å². The van der Waals surface area contributed by atoms with Crippen LogP contribution in [0.15, 0.2) is 40.9 Å². The van der Waals surface area contributed by atoms with Gasteiger partial charge in [0.1, 0.15) is 0 Å². The molecule has 0 bridgehead atoms. The molecule has 0 amide bonds. The molecule has 23 heavy (non-hydrogen) atoms. The number of halogens is 1. The van der Waals surface area contributed by atoms with Crippen LogP contribution in [-0.4, -0.2) is 0 Å². The fourth-order valence-electron chi connectivity index (χ4n) is 2.47. The molecular weight excluding hydrogens is 344 g/mol. The maximum atomic E-state index is 5.52. The van der Waals surface area contributed by atoms with E-state index in [0.717, 1.165) is 10.0 Å². The monoisotopic (exact) mass is 368 g/mol. The van der Waals surface area contributed by atoms with Gasteiger partial charge in [0.25, 0.3) is 0 Å². The summed E-state index contributed by atoms with van der Waals surface area (Å²) in [5.74, 6) is 2.70. The second-order valence-corrected chi connectivity index (χ2v) is 8.99. The molecule has 0 aliphatic heterocycles. The minimum Gasteiger partial charge on any atom is -0.115 e. The van der Waals surface area contributed by atoms with E-state index in [1.807, 2.05) is 6.07 Å². The highest BCUT2D eigenvalue weighted by atomic mass is 79.9. The van der Waals surface area contributed by atoms with Crippen LogP contribution in [0, 0.1) is 12.3 Å². The lowest BCUT2D eigenvalue weighted by atomic mass is 9.79. The highest BCUT2D eigenvalue weighted by Crippen LogP contribution is 2.35. The summed E-state index contributed by atoms with van der Waals surface area (Å²) >= 11 is 3.58. The van der Waals surface area contributed by atoms with Crippen molar-refractivity contribution in [2.75, 3.05) is 0 Å². The van der Waals surface area contributed by atoms with Crippen molar-refractivity contribution >= 4 is 15.9 Å². The van der Waals surface area contributed by atoms with E-state index in [0.29, 0.717) is 0 Å². The zero-order valence-electron chi connectivity index (χ0n) is 14.9. The second kappa shape index (κ2) is 6.17. The normalized spacial score (nSPS) is 12.1. The first kappa shape index (κ1) is 17.8. The van der Waals surface area contributed by atoms with Gasteiger partial charge in [0.15, 0.2) is 0 Å². The molecule has 0 aliphatic carbocycles. The van der Waals surface area contributed by atoms with Crippen molar-refractivity contribution in [1.29, 1.82) is 0 Å². The average molecular weight is 369 g/mol. The molecular formula is C22H25Br. The van der Waals surface area contributed by atoms with E-state index in [1.54, 1.807) is 0 Å². The molecule has 0 unspecified atom stereocenters. The van der Waals surface area contributed by atoms with Crippen molar-refractivity contribution in [3.05, 3.63) is 57.6 Å². The summed E-state index contributed by atoms with van der Waals surface area (Å²) in [5.41, 5.74) is 6.27. The summed E-state index contributed by atoms with van der Waals surface area (Å²) in [6.45, 7) is 13.6. The maximum absolute atomic E-state index is 5.52. The molecule has 0 saturated carbocycles. The van der Waals surface area contributed by atoms with Crippen LogP contribution in [0.1, 0.15) is 58.2 Å². The van der Waals surface area contributed by atoms with E-state index in [2.05, 4.69) is 93.7 Å². The number of terminal acetylenes is 1. The molecule has 0 N–H and O–H groups in total. The lowest BCUT2D eigenvalue weighted by Gasteiger charge is -2.26. The van der Waals surface area contributed by atoms with Crippen LogP contribution >= 0.6 is 15.9 Å². The Morgan fingerprint density at radius 2 is 1.30 bits per heavy atom. The summed E-state index contributed by atoms with van der Waals surface area (Å²) in [5, 5.41) is 0. The average Bonchev–Trinajstić information content (AvgIpc) is 2.45. The van der Waals surface area contributed by atoms with E-state index >= 15 is 0 Å². The highest BCUT2D eigenvalue weighted by Gasteiger charge is 2.21. The van der Waals surface area contributed by atoms with Crippen molar-refractivity contribution < 1.29 is 0 Å². The van der Waals surface area contributed by atoms with Gasteiger partial charge in [-0.05, 0) is 61.1 Å². The summed E-state index contributed by atoms with van der Waals surface area (Å²) in [6, 6.07) is 13.2. The standard InChI is InChI=1S/C22H25Br/c1-8-15-9-10-16(13-20(15)23)17-11-18(21(2,3)4)14-19(12-17)22(5,6)7/h1,9-14H,2-7H3. The second-order valence-electron chi connectivity index (χ2n) is 8.14. The van der Waals surface area contributed by atoms with E-state index < -0.39 is 0 Å². The minimum absolute atomic E-state index is 0.117. The molecule has 0 nitrogen and oxygen atoms in total. The van der Waals surface area contributed by atoms with E-state index in [1.165, 1.54) is 22.3 Å². The van der Waals surface area contributed by atoms with Gasteiger partial charge in [-0.3, -0.25) is 0 Å². The van der Waals surface area contributed by atoms with Gasteiger partial charge < -0.3 is 0 Å². The molecule has 2 aromatic rings. The molecule has 120 valence electrons. The van der Waals surface area contributed by atoms with Crippen molar-refractivity contribution in [3.8, 4) is 23.5 Å². The molecule has 0 fully saturated rings. The molecule has 1 heteroatoms. The van der Waals surface area contributed by atoms with Gasteiger partial charge in [-0.25, -0.2) is 0 Å². The third kappa shape index (κ3) is 4.06. The van der Waals surface area contributed by atoms with Crippen LogP contribution < -0.4 is 0 Å². The molecule has 0 saturated heterocycles. The van der Waals surface area contributed by atoms with Gasteiger partial charge in [0, 0.05) is 10.0 Å². The summed E-state index contributed by atoms with van der Waals surface area (Å²) in [7, 11) is 0. The zero-order chi connectivity index (χ0) is 17.4. The van der Waals surface area contributed by atoms with Crippen LogP contribution in [0.3, 0.4) is 0 Å². The van der Waals surface area contributed by atoms with Crippen LogP contribution in [0.25, 0.3) is 11.1 Å². The molecule has 2 aromatic carbocycles. The summed E-state index contributed by atoms with van der Waals surface area (Å²) in [4.78, 5) is 0. The number of hydrogen-bond acceptors (Lipinski definition) is 0. The van der Waals surface area contributed by atoms with Crippen molar-refractivity contribution in [2.45, 2.75) is 52.4 Å². The van der Waals surface area contributed by atoms with Gasteiger partial charge in [-0.15, -0.1) is 6.42 Å². The summed E-state index contributed by atoms with van der Waals surface area (Å²) in [6.07, 6.45) is 5.52. The molecule has 0 aromatic heterocycles. The highest BCUT2D eigenvalue weighted by molar-refractivity contribution is 9.10. The van der Waals surface area contributed by atoms with E-state index in [4.69, 9.17) is 6.42 Å². The first-order chi connectivity index (χ1) is 10.5. The molecule has 0 atom stereocenters. The SMILES string of the molecule is C#Cc1ccc(-c2cc(C(C)(C)C)cc(C(C)(C)C)c2)cc1Br. The van der Waals surface area contributed by atoms with Gasteiger partial charge in [0.2, 0.25) is 0 Å². The lowest BCUT2D eigenvalue weighted by molar-refractivity contribution is 0.569. The van der Waals surface area contributed by atoms with Crippen molar-refractivity contribution in [3.63, 3.8) is 0 Å². The lowest BCUT2D eigenvalue weighted by Crippen LogP contribution is -2.16. The van der Waals surface area contributed by atoms with Gasteiger partial charge in [0.05, 0.1) is 0 Å². The number of hydrogen-bond donors (Lipinski definition) is 0. The van der Waals surface area contributed by atoms with Gasteiger partial charge in [-0.1, -0.05) is 71.7 Å². The fourth-order valence-corrected chi connectivity index (χ4v) is 2.97. The Morgan fingerprint density at radius 3 is 1.70 bits per heavy atom. The fraction of sp³-hybridized carbons (Fsp3) is 0.364. The van der Waals surface area contributed by atoms with E-state index in [9.17, 15) is 0 Å². The first-order valence-electron chi connectivity index (χ1n) is 7.95. The Labute approximate surface area is 149 Å². The zero-order valence-corrected chi connectivity index (χ0v) is 16.5. The maximum Gasteiger partial charge on any atom is 0.0385 e. The van der Waals surface area contributed by atoms with Crippen molar-refractivity contribution in [1.82, 2.24) is 0 Å². The third-order valence-electron chi connectivity index (χ3n) is 4.12. The van der Waals surface area contributed by atoms with Crippen LogP contribution in [0.5, 0.6) is 0 Å². The topological polar surface area (TPSA) is 0 Å². The van der Waals surface area contributed by atoms with Gasteiger partial charge in [-0.2, -0.15) is 0 Å². The molecule has 0 radical (unpaired) electrons. The number of rotatable bonds is 1. The van der Waals surface area contributed by atoms with Crippen LogP contribution in [0.4, 0.5) is 0 Å². The Balaban J connectivity index is 2.67. The smallest absolute Gasteiger partial charge is 0.0385 e. The third-order valence-corrected chi connectivity index (χ3v) is 4.78. The minimum atomic E-state index is 0.117. The molecule has 2 rings (SSSR count). The molecule has 0 spiro atoms. The Morgan fingerprint density at radius 1 is 0.783 bits per heavy atom. The van der Waals surface area contributed by atoms with Crippen LogP contribution in [-0.2, 0) is 10.8 Å². The van der Waals surface area contributed by atoms with E-state index in [-0.39, 0.29) is 10.8 Å². The van der Waals surface area contributed by atoms with Crippen molar-refractivity contribution in [2.24, 2.45) is 0 Å². The molecule has 0 aliphatic rings. The first-order valence-corrected chi connectivity index (χ1v) is 8.74. The Kier molecular flexibility index (Phi) is 4.79. The summed E-state index contributed by atoms with van der Waals surface area (Å²) < 4.78 is 0.968. The van der Waals surface area contributed by atoms with Gasteiger partial charge >= 0.3 is 0 Å².